The number of aryl methyl sites for hydroxylation is 1. The van der Waals surface area contributed by atoms with Crippen LogP contribution in [-0.2, 0) is 12.0 Å². The van der Waals surface area contributed by atoms with Crippen LogP contribution in [0, 0.1) is 18.6 Å². The third kappa shape index (κ3) is 4.77. The van der Waals surface area contributed by atoms with Crippen molar-refractivity contribution < 1.29 is 23.1 Å². The molecule has 2 aromatic carbocycles. The molecule has 4 rings (SSSR count). The quantitative estimate of drug-likeness (QED) is 0.356. The summed E-state index contributed by atoms with van der Waals surface area (Å²) in [6, 6.07) is 13.9. The van der Waals surface area contributed by atoms with Crippen molar-refractivity contribution in [1.29, 1.82) is 0 Å². The first-order valence-corrected chi connectivity index (χ1v) is 11.1. The molecule has 0 atom stereocenters. The molecule has 1 amide bonds. The van der Waals surface area contributed by atoms with Gasteiger partial charge in [0.1, 0.15) is 23.9 Å². The monoisotopic (exact) mass is 477 g/mol. The Hall–Kier alpha value is -4.07. The van der Waals surface area contributed by atoms with Crippen molar-refractivity contribution in [2.75, 3.05) is 0 Å². The zero-order chi connectivity index (χ0) is 25.3. The summed E-state index contributed by atoms with van der Waals surface area (Å²) in [6.45, 7) is 5.24. The van der Waals surface area contributed by atoms with E-state index < -0.39 is 23.0 Å². The Labute approximate surface area is 201 Å². The summed E-state index contributed by atoms with van der Waals surface area (Å²) in [5.41, 5.74) is 7.09. The molecule has 0 aliphatic heterocycles. The first-order valence-electron chi connectivity index (χ1n) is 11.1. The van der Waals surface area contributed by atoms with Crippen molar-refractivity contribution in [2.45, 2.75) is 39.2 Å². The number of hydrogen-bond donors (Lipinski definition) is 1. The summed E-state index contributed by atoms with van der Waals surface area (Å²) in [5, 5.41) is 0. The van der Waals surface area contributed by atoms with Gasteiger partial charge >= 0.3 is 0 Å². The normalized spacial score (nSPS) is 11.6. The van der Waals surface area contributed by atoms with Gasteiger partial charge < -0.3 is 10.5 Å². The van der Waals surface area contributed by atoms with Crippen LogP contribution in [0.5, 0.6) is 5.75 Å². The first kappa shape index (κ1) is 24.1. The van der Waals surface area contributed by atoms with E-state index in [1.165, 1.54) is 18.2 Å². The number of amides is 1. The van der Waals surface area contributed by atoms with Gasteiger partial charge in [-0.1, -0.05) is 32.0 Å². The number of carbonyl (C=O) groups is 2. The number of imidazole rings is 1. The first-order chi connectivity index (χ1) is 16.6. The molecular weight excluding hydrogens is 452 g/mol. The smallest absolute Gasteiger partial charge is 0.248 e. The van der Waals surface area contributed by atoms with Crippen LogP contribution >= 0.6 is 0 Å². The molecule has 2 N–H and O–H groups in total. The van der Waals surface area contributed by atoms with Crippen LogP contribution in [0.25, 0.3) is 5.65 Å². The van der Waals surface area contributed by atoms with Crippen molar-refractivity contribution in [3.63, 3.8) is 0 Å². The van der Waals surface area contributed by atoms with Crippen LogP contribution in [0.15, 0.2) is 60.8 Å². The van der Waals surface area contributed by atoms with Gasteiger partial charge in [-0.05, 0) is 54.3 Å². The van der Waals surface area contributed by atoms with E-state index in [1.807, 2.05) is 19.9 Å². The lowest BCUT2D eigenvalue weighted by Gasteiger charge is -2.25. The molecule has 6 nitrogen and oxygen atoms in total. The Morgan fingerprint density at radius 2 is 1.74 bits per heavy atom. The molecule has 8 heteroatoms. The van der Waals surface area contributed by atoms with Gasteiger partial charge in [-0.2, -0.15) is 0 Å². The lowest BCUT2D eigenvalue weighted by atomic mass is 9.79. The fourth-order valence-corrected chi connectivity index (χ4v) is 4.11. The van der Waals surface area contributed by atoms with E-state index in [0.717, 1.165) is 5.56 Å². The Morgan fingerprint density at radius 3 is 2.43 bits per heavy atom. The summed E-state index contributed by atoms with van der Waals surface area (Å²) >= 11 is 0. The maximum Gasteiger partial charge on any atom is 0.248 e. The van der Waals surface area contributed by atoms with E-state index in [9.17, 15) is 18.4 Å². The Morgan fingerprint density at radius 1 is 1.06 bits per heavy atom. The van der Waals surface area contributed by atoms with Crippen LogP contribution in [0.1, 0.15) is 57.9 Å². The van der Waals surface area contributed by atoms with Gasteiger partial charge in [-0.3, -0.25) is 14.0 Å². The summed E-state index contributed by atoms with van der Waals surface area (Å²) in [5.74, 6) is -1.79. The van der Waals surface area contributed by atoms with Gasteiger partial charge in [0.15, 0.2) is 17.2 Å². The fraction of sp³-hybridized carbons (Fsp3) is 0.222. The highest BCUT2D eigenvalue weighted by molar-refractivity contribution is 5.97. The van der Waals surface area contributed by atoms with E-state index in [4.69, 9.17) is 10.5 Å². The Bertz CT molecular complexity index is 1420. The fourth-order valence-electron chi connectivity index (χ4n) is 4.11. The van der Waals surface area contributed by atoms with Crippen molar-refractivity contribution in [2.24, 2.45) is 5.73 Å². The summed E-state index contributed by atoms with van der Waals surface area (Å²) < 4.78 is 35.3. The van der Waals surface area contributed by atoms with Crippen LogP contribution < -0.4 is 10.5 Å². The number of primary amides is 1. The average molecular weight is 478 g/mol. The second kappa shape index (κ2) is 9.29. The molecule has 0 saturated heterocycles. The number of hydrogen-bond acceptors (Lipinski definition) is 4. The van der Waals surface area contributed by atoms with Crippen molar-refractivity contribution in [3.05, 3.63) is 101 Å². The third-order valence-electron chi connectivity index (χ3n) is 6.02. The number of rotatable bonds is 8. The van der Waals surface area contributed by atoms with Crippen molar-refractivity contribution in [1.82, 2.24) is 9.38 Å². The molecule has 35 heavy (non-hydrogen) atoms. The van der Waals surface area contributed by atoms with Gasteiger partial charge in [-0.25, -0.2) is 13.8 Å². The topological polar surface area (TPSA) is 86.7 Å². The number of nitrogens with two attached hydrogens (primary N) is 1. The molecule has 0 unspecified atom stereocenters. The average Bonchev–Trinajstić information content (AvgIpc) is 3.15. The second-order valence-corrected chi connectivity index (χ2v) is 9.03. The maximum atomic E-state index is 14.0. The van der Waals surface area contributed by atoms with Gasteiger partial charge in [0.2, 0.25) is 5.91 Å². The van der Waals surface area contributed by atoms with E-state index in [1.54, 1.807) is 47.9 Å². The molecule has 0 fully saturated rings. The number of benzene rings is 2. The molecule has 0 bridgehead atoms. The highest BCUT2D eigenvalue weighted by Gasteiger charge is 2.28. The van der Waals surface area contributed by atoms with Crippen molar-refractivity contribution >= 4 is 17.3 Å². The number of ether oxygens (including phenoxy) is 1. The van der Waals surface area contributed by atoms with E-state index in [2.05, 4.69) is 4.98 Å². The highest BCUT2D eigenvalue weighted by Crippen LogP contribution is 2.31. The third-order valence-corrected chi connectivity index (χ3v) is 6.02. The zero-order valence-electron chi connectivity index (χ0n) is 19.6. The zero-order valence-corrected chi connectivity index (χ0v) is 19.6. The number of fused-ring (bicyclic) bond motifs is 1. The standard InChI is InChI=1S/C27H25F2N3O3/c1-16-24(22(33)14-27(2,3)18-8-4-7-17(13-18)25(30)34)32-12-6-11-23(26(32)31-16)35-15-19-20(28)9-5-10-21(19)29/h4-13H,14-15H2,1-3H3,(H2,30,34). The van der Waals surface area contributed by atoms with E-state index in [-0.39, 0.29) is 24.4 Å². The number of pyridine rings is 1. The molecular formula is C27H25F2N3O3. The lowest BCUT2D eigenvalue weighted by molar-refractivity contribution is 0.0951. The highest BCUT2D eigenvalue weighted by atomic mass is 19.1. The summed E-state index contributed by atoms with van der Waals surface area (Å²) in [6.07, 6.45) is 1.84. The maximum absolute atomic E-state index is 14.0. The van der Waals surface area contributed by atoms with Gasteiger partial charge in [0.25, 0.3) is 0 Å². The number of ketones is 1. The minimum atomic E-state index is -0.699. The molecule has 180 valence electrons. The molecule has 4 aromatic rings. The van der Waals surface area contributed by atoms with Crippen LogP contribution in [-0.4, -0.2) is 21.1 Å². The lowest BCUT2D eigenvalue weighted by Crippen LogP contribution is -2.24. The number of halogens is 2. The second-order valence-electron chi connectivity index (χ2n) is 9.03. The minimum Gasteiger partial charge on any atom is -0.485 e. The predicted molar refractivity (Wildman–Crippen MR) is 128 cm³/mol. The molecule has 0 spiro atoms. The number of carbonyl (C=O) groups excluding carboxylic acids is 2. The van der Waals surface area contributed by atoms with E-state index in [0.29, 0.717) is 28.3 Å². The SMILES string of the molecule is Cc1nc2c(OCc3c(F)cccc3F)cccn2c1C(=O)CC(C)(C)c1cccc(C(N)=O)c1. The summed E-state index contributed by atoms with van der Waals surface area (Å²) in [4.78, 5) is 29.5. The van der Waals surface area contributed by atoms with Gasteiger partial charge in [0, 0.05) is 18.2 Å². The van der Waals surface area contributed by atoms with E-state index >= 15 is 0 Å². The largest absolute Gasteiger partial charge is 0.485 e. The predicted octanol–water partition coefficient (Wildman–Crippen LogP) is 5.15. The number of Topliss-reactive ketones (excluding diaryl/α,β-unsaturated/α-hetero) is 1. The molecule has 0 saturated carbocycles. The molecule has 2 heterocycles. The number of aromatic nitrogens is 2. The molecule has 0 aliphatic rings. The number of nitrogens with zero attached hydrogens (tertiary/aromatic N) is 2. The van der Waals surface area contributed by atoms with Gasteiger partial charge in [-0.15, -0.1) is 0 Å². The Kier molecular flexibility index (Phi) is 6.39. The van der Waals surface area contributed by atoms with Gasteiger partial charge in [0.05, 0.1) is 11.3 Å². The molecule has 2 aromatic heterocycles. The minimum absolute atomic E-state index is 0.148. The molecule has 0 radical (unpaired) electrons. The van der Waals surface area contributed by atoms with Crippen LogP contribution in [0.4, 0.5) is 8.78 Å². The summed E-state index contributed by atoms with van der Waals surface area (Å²) in [7, 11) is 0. The van der Waals surface area contributed by atoms with Crippen molar-refractivity contribution in [3.8, 4) is 5.75 Å². The Balaban J connectivity index is 1.62. The molecule has 0 aliphatic carbocycles. The van der Waals surface area contributed by atoms with Crippen LogP contribution in [0.2, 0.25) is 0 Å². The van der Waals surface area contributed by atoms with Crippen LogP contribution in [0.3, 0.4) is 0 Å².